The van der Waals surface area contributed by atoms with Crippen LogP contribution >= 0.6 is 0 Å². The average molecular weight is 553 g/mol. The molecule has 4 atom stereocenters. The summed E-state index contributed by atoms with van der Waals surface area (Å²) in [4.78, 5) is 68.0. The van der Waals surface area contributed by atoms with Crippen molar-refractivity contribution in [1.29, 1.82) is 0 Å². The smallest absolute Gasteiger partial charge is 0.412 e. The lowest BCUT2D eigenvalue weighted by atomic mass is 10.0. The third-order valence-electron chi connectivity index (χ3n) is 5.46. The predicted octanol–water partition coefficient (Wildman–Crippen LogP) is 2.72. The Labute approximate surface area is 223 Å². The van der Waals surface area contributed by atoms with Gasteiger partial charge in [-0.1, -0.05) is 39.2 Å². The van der Waals surface area contributed by atoms with Crippen molar-refractivity contribution in [3.63, 3.8) is 0 Å². The Balaban J connectivity index is 2.52. The van der Waals surface area contributed by atoms with E-state index < -0.39 is 60.5 Å². The van der Waals surface area contributed by atoms with Crippen molar-refractivity contribution in [3.8, 4) is 0 Å². The number of aromatic nitrogens is 2. The summed E-state index contributed by atoms with van der Waals surface area (Å²) in [6.07, 6.45) is -3.04. The van der Waals surface area contributed by atoms with Gasteiger partial charge in [0.1, 0.15) is 12.4 Å². The van der Waals surface area contributed by atoms with Crippen molar-refractivity contribution in [2.75, 3.05) is 18.5 Å². The van der Waals surface area contributed by atoms with E-state index in [1.54, 1.807) is 0 Å². The quantitative estimate of drug-likeness (QED) is 0.0938. The van der Waals surface area contributed by atoms with Crippen molar-refractivity contribution in [2.24, 2.45) is 5.11 Å². The van der Waals surface area contributed by atoms with Crippen LogP contribution in [0.4, 0.5) is 10.6 Å². The molecule has 2 heterocycles. The molecule has 0 aliphatic carbocycles. The SMILES string of the molecule is CCCCOC(=O)Nc1ccn(C2O[C@@](COC(=O)CC)(N=[N+]=[N-])[C@@H](OC(=O)CC)[C@H]2OC(=O)CC)c(=O)n1. The van der Waals surface area contributed by atoms with E-state index in [2.05, 4.69) is 20.3 Å². The second kappa shape index (κ2) is 14.7. The number of nitrogens with zero attached hydrogens (tertiary/aromatic N) is 5. The number of hydrogen-bond donors (Lipinski definition) is 1. The van der Waals surface area contributed by atoms with Crippen molar-refractivity contribution in [2.45, 2.75) is 84.0 Å². The summed E-state index contributed by atoms with van der Waals surface area (Å²) in [7, 11) is 0. The van der Waals surface area contributed by atoms with E-state index in [-0.39, 0.29) is 31.7 Å². The minimum atomic E-state index is -2.20. The van der Waals surface area contributed by atoms with Gasteiger partial charge in [0, 0.05) is 30.4 Å². The Bertz CT molecular complexity index is 1150. The summed E-state index contributed by atoms with van der Waals surface area (Å²) in [5, 5.41) is 5.94. The normalized spacial score (nSPS) is 21.8. The molecule has 2 rings (SSSR count). The van der Waals surface area contributed by atoms with Crippen LogP contribution in [0.25, 0.3) is 10.4 Å². The molecule has 214 valence electrons. The highest BCUT2D eigenvalue weighted by Crippen LogP contribution is 2.42. The van der Waals surface area contributed by atoms with Crippen LogP contribution in [0.5, 0.6) is 0 Å². The monoisotopic (exact) mass is 552 g/mol. The van der Waals surface area contributed by atoms with Crippen molar-refractivity contribution in [1.82, 2.24) is 9.55 Å². The van der Waals surface area contributed by atoms with Crippen LogP contribution in [0.1, 0.15) is 66.0 Å². The van der Waals surface area contributed by atoms with E-state index in [1.807, 2.05) is 6.92 Å². The lowest BCUT2D eigenvalue weighted by molar-refractivity contribution is -0.179. The first-order valence-corrected chi connectivity index (χ1v) is 12.5. The van der Waals surface area contributed by atoms with Gasteiger partial charge in [0.05, 0.1) is 6.61 Å². The lowest BCUT2D eigenvalue weighted by Crippen LogP contribution is -2.49. The number of carbonyl (C=O) groups is 4. The van der Waals surface area contributed by atoms with Gasteiger partial charge in [-0.3, -0.25) is 24.3 Å². The molecular weight excluding hydrogens is 520 g/mol. The Morgan fingerprint density at radius 1 is 1.10 bits per heavy atom. The number of esters is 3. The van der Waals surface area contributed by atoms with E-state index in [0.717, 1.165) is 11.0 Å². The Morgan fingerprint density at radius 3 is 2.36 bits per heavy atom. The van der Waals surface area contributed by atoms with Crippen molar-refractivity contribution in [3.05, 3.63) is 33.2 Å². The summed E-state index contributed by atoms with van der Waals surface area (Å²) in [6, 6.07) is 1.25. The number of ether oxygens (including phenoxy) is 5. The predicted molar refractivity (Wildman–Crippen MR) is 132 cm³/mol. The fourth-order valence-corrected chi connectivity index (χ4v) is 3.42. The number of azide groups is 1. The molecule has 16 nitrogen and oxygen atoms in total. The molecule has 1 fully saturated rings. The summed E-state index contributed by atoms with van der Waals surface area (Å²) < 4.78 is 27.9. The Hall–Kier alpha value is -4.17. The molecule has 39 heavy (non-hydrogen) atoms. The maximum atomic E-state index is 13.0. The van der Waals surface area contributed by atoms with Gasteiger partial charge >= 0.3 is 29.7 Å². The fraction of sp³-hybridized carbons (Fsp3) is 0.652. The summed E-state index contributed by atoms with van der Waals surface area (Å²) in [6.45, 7) is 5.94. The molecule has 1 saturated heterocycles. The molecule has 1 aliphatic rings. The number of rotatable bonds is 13. The largest absolute Gasteiger partial charge is 0.462 e. The van der Waals surface area contributed by atoms with Gasteiger partial charge in [0.15, 0.2) is 18.4 Å². The molecule has 1 aromatic rings. The summed E-state index contributed by atoms with van der Waals surface area (Å²) in [5.74, 6) is -2.34. The number of hydrogen-bond acceptors (Lipinski definition) is 12. The van der Waals surface area contributed by atoms with Gasteiger partial charge in [-0.25, -0.2) is 9.59 Å². The zero-order chi connectivity index (χ0) is 29.0. The molecule has 16 heteroatoms. The fourth-order valence-electron chi connectivity index (χ4n) is 3.42. The van der Waals surface area contributed by atoms with E-state index in [4.69, 9.17) is 23.7 Å². The number of anilines is 1. The molecule has 0 saturated carbocycles. The van der Waals surface area contributed by atoms with Crippen LogP contribution in [0.3, 0.4) is 0 Å². The van der Waals surface area contributed by atoms with Gasteiger partial charge in [-0.05, 0) is 18.0 Å². The van der Waals surface area contributed by atoms with E-state index >= 15 is 0 Å². The van der Waals surface area contributed by atoms with E-state index in [1.165, 1.54) is 33.0 Å². The molecule has 1 aromatic heterocycles. The molecule has 0 aromatic carbocycles. The standard InChI is InChI=1S/C23H32N6O10/c1-5-9-12-35-22(34)26-14-10-11-29(21(33)25-14)20-18(37-16(31)7-3)19(38-17(32)8-4)23(39-20,27-28-24)13-36-15(30)6-2/h10-11,18-20H,5-9,12-13H2,1-4H3,(H,25,26,33,34)/t18-,19+,20?,23-/m1/s1. The van der Waals surface area contributed by atoms with Crippen LogP contribution in [-0.4, -0.2) is 64.7 Å². The second-order valence-corrected chi connectivity index (χ2v) is 8.25. The first-order valence-electron chi connectivity index (χ1n) is 12.5. The zero-order valence-corrected chi connectivity index (χ0v) is 22.2. The van der Waals surface area contributed by atoms with E-state index in [9.17, 15) is 29.5 Å². The molecule has 0 spiro atoms. The highest BCUT2D eigenvalue weighted by molar-refractivity contribution is 5.83. The molecular formula is C23H32N6O10. The summed E-state index contributed by atoms with van der Waals surface area (Å²) >= 11 is 0. The van der Waals surface area contributed by atoms with Gasteiger partial charge in [-0.2, -0.15) is 4.98 Å². The Morgan fingerprint density at radius 2 is 1.77 bits per heavy atom. The van der Waals surface area contributed by atoms with Crippen LogP contribution < -0.4 is 11.0 Å². The van der Waals surface area contributed by atoms with E-state index in [0.29, 0.717) is 6.42 Å². The van der Waals surface area contributed by atoms with Crippen LogP contribution in [-0.2, 0) is 38.1 Å². The maximum Gasteiger partial charge on any atom is 0.412 e. The van der Waals surface area contributed by atoms with Crippen molar-refractivity contribution < 1.29 is 42.9 Å². The molecule has 1 aliphatic heterocycles. The topological polar surface area (TPSA) is 210 Å². The maximum absolute atomic E-state index is 13.0. The molecule has 0 radical (unpaired) electrons. The number of carbonyl (C=O) groups excluding carboxylic acids is 4. The van der Waals surface area contributed by atoms with Crippen LogP contribution in [0.2, 0.25) is 0 Å². The van der Waals surface area contributed by atoms with Crippen LogP contribution in [0.15, 0.2) is 22.2 Å². The Kier molecular flexibility index (Phi) is 11.7. The zero-order valence-electron chi connectivity index (χ0n) is 22.2. The molecule has 1 unspecified atom stereocenters. The highest BCUT2D eigenvalue weighted by Gasteiger charge is 2.61. The van der Waals surface area contributed by atoms with Crippen LogP contribution in [0, 0.1) is 0 Å². The van der Waals surface area contributed by atoms with Crippen molar-refractivity contribution >= 4 is 29.8 Å². The third kappa shape index (κ3) is 8.15. The lowest BCUT2D eigenvalue weighted by Gasteiger charge is -2.29. The van der Waals surface area contributed by atoms with Gasteiger partial charge in [-0.15, -0.1) is 0 Å². The van der Waals surface area contributed by atoms with Gasteiger partial charge < -0.3 is 23.7 Å². The first kappa shape index (κ1) is 31.1. The minimum absolute atomic E-state index is 0.0256. The number of unbranched alkanes of at least 4 members (excludes halogenated alkanes) is 1. The molecule has 1 amide bonds. The second-order valence-electron chi connectivity index (χ2n) is 8.25. The molecule has 0 bridgehead atoms. The first-order chi connectivity index (χ1) is 18.6. The third-order valence-corrected chi connectivity index (χ3v) is 5.46. The summed E-state index contributed by atoms with van der Waals surface area (Å²) in [5.41, 5.74) is 6.14. The highest BCUT2D eigenvalue weighted by atomic mass is 16.7. The average Bonchev–Trinajstić information content (AvgIpc) is 3.19. The number of amides is 1. The number of nitrogens with one attached hydrogen (secondary N) is 1. The minimum Gasteiger partial charge on any atom is -0.462 e. The molecule has 1 N–H and O–H groups in total. The van der Waals surface area contributed by atoms with Gasteiger partial charge in [0.2, 0.25) is 5.72 Å². The van der Waals surface area contributed by atoms with Gasteiger partial charge in [0.25, 0.3) is 0 Å².